The van der Waals surface area contributed by atoms with Crippen molar-refractivity contribution in [3.8, 4) is 0 Å². The molecule has 1 atom stereocenters. The Morgan fingerprint density at radius 3 is 3.13 bits per heavy atom. The molecule has 2 N–H and O–H groups in total. The molecule has 15 heavy (non-hydrogen) atoms. The van der Waals surface area contributed by atoms with E-state index in [0.29, 0.717) is 6.04 Å². The fourth-order valence-corrected chi connectivity index (χ4v) is 2.93. The van der Waals surface area contributed by atoms with Crippen molar-refractivity contribution in [2.24, 2.45) is 4.99 Å². The lowest BCUT2D eigenvalue weighted by Crippen LogP contribution is -2.38. The summed E-state index contributed by atoms with van der Waals surface area (Å²) in [6.07, 6.45) is 1.05. The number of halogens is 1. The van der Waals surface area contributed by atoms with Gasteiger partial charge in [0.1, 0.15) is 0 Å². The van der Waals surface area contributed by atoms with Crippen LogP contribution >= 0.6 is 27.3 Å². The van der Waals surface area contributed by atoms with Gasteiger partial charge in [0.15, 0.2) is 5.96 Å². The lowest BCUT2D eigenvalue weighted by atomic mass is 10.3. The molecule has 0 spiro atoms. The highest BCUT2D eigenvalue weighted by molar-refractivity contribution is 9.11. The van der Waals surface area contributed by atoms with Crippen LogP contribution in [-0.4, -0.2) is 25.1 Å². The number of thiophene rings is 1. The van der Waals surface area contributed by atoms with Gasteiger partial charge in [0.25, 0.3) is 0 Å². The Hall–Kier alpha value is -0.550. The van der Waals surface area contributed by atoms with Gasteiger partial charge in [-0.15, -0.1) is 11.3 Å². The Morgan fingerprint density at radius 1 is 1.67 bits per heavy atom. The Labute approximate surface area is 102 Å². The number of hydrogen-bond acceptors (Lipinski definition) is 4. The Kier molecular flexibility index (Phi) is 3.64. The van der Waals surface area contributed by atoms with Gasteiger partial charge in [-0.05, 0) is 41.4 Å². The molecule has 3 nitrogen and oxygen atoms in total. The van der Waals surface area contributed by atoms with E-state index >= 15 is 0 Å². The highest BCUT2D eigenvalue weighted by Crippen LogP contribution is 2.21. The Balaban J connectivity index is 1.71. The second-order valence-electron chi connectivity index (χ2n) is 3.62. The summed E-state index contributed by atoms with van der Waals surface area (Å²) in [7, 11) is 0. The van der Waals surface area contributed by atoms with Gasteiger partial charge in [-0.25, -0.2) is 0 Å². The Bertz CT molecular complexity index is 361. The van der Waals surface area contributed by atoms with Gasteiger partial charge in [0.2, 0.25) is 0 Å². The van der Waals surface area contributed by atoms with E-state index in [-0.39, 0.29) is 0 Å². The molecule has 1 aliphatic rings. The maximum atomic E-state index is 4.34. The van der Waals surface area contributed by atoms with Gasteiger partial charge in [-0.3, -0.25) is 4.99 Å². The third kappa shape index (κ3) is 3.21. The largest absolute Gasteiger partial charge is 0.356 e. The summed E-state index contributed by atoms with van der Waals surface area (Å²) in [5.74, 6) is 0.943. The summed E-state index contributed by atoms with van der Waals surface area (Å²) in [5, 5.41) is 6.58. The summed E-state index contributed by atoms with van der Waals surface area (Å²) >= 11 is 5.25. The lowest BCUT2D eigenvalue weighted by Gasteiger charge is -2.07. The smallest absolute Gasteiger partial charge is 0.191 e. The first kappa shape index (κ1) is 11.0. The molecule has 5 heteroatoms. The van der Waals surface area contributed by atoms with E-state index in [1.165, 1.54) is 8.66 Å². The maximum Gasteiger partial charge on any atom is 0.191 e. The average molecular weight is 288 g/mol. The molecule has 1 aromatic heterocycles. The third-order valence-corrected chi connectivity index (χ3v) is 3.88. The van der Waals surface area contributed by atoms with Crippen LogP contribution in [0, 0.1) is 0 Å². The number of nitrogens with zero attached hydrogens (tertiary/aromatic N) is 1. The third-order valence-electron chi connectivity index (χ3n) is 2.20. The van der Waals surface area contributed by atoms with Crippen molar-refractivity contribution >= 4 is 33.2 Å². The zero-order valence-electron chi connectivity index (χ0n) is 8.59. The average Bonchev–Trinajstić information content (AvgIpc) is 2.76. The fourth-order valence-electron chi connectivity index (χ4n) is 1.45. The monoisotopic (exact) mass is 287 g/mol. The number of hydrogen-bond donors (Lipinski definition) is 2. The van der Waals surface area contributed by atoms with Gasteiger partial charge < -0.3 is 10.6 Å². The lowest BCUT2D eigenvalue weighted by molar-refractivity contribution is 0.713. The van der Waals surface area contributed by atoms with Gasteiger partial charge in [0, 0.05) is 17.5 Å². The van der Waals surface area contributed by atoms with Crippen molar-refractivity contribution in [1.82, 2.24) is 10.6 Å². The predicted molar refractivity (Wildman–Crippen MR) is 68.6 cm³/mol. The molecule has 0 aromatic carbocycles. The molecule has 1 aromatic rings. The van der Waals surface area contributed by atoms with E-state index in [1.807, 2.05) is 0 Å². The summed E-state index contributed by atoms with van der Waals surface area (Å²) < 4.78 is 1.20. The van der Waals surface area contributed by atoms with Crippen LogP contribution < -0.4 is 10.6 Å². The van der Waals surface area contributed by atoms with Gasteiger partial charge in [-0.1, -0.05) is 0 Å². The number of nitrogens with one attached hydrogen (secondary N) is 2. The van der Waals surface area contributed by atoms with Crippen molar-refractivity contribution in [3.05, 3.63) is 20.8 Å². The first-order valence-corrected chi connectivity index (χ1v) is 6.64. The molecule has 0 aliphatic carbocycles. The van der Waals surface area contributed by atoms with E-state index in [0.717, 1.165) is 25.5 Å². The molecule has 1 aliphatic heterocycles. The van der Waals surface area contributed by atoms with Crippen molar-refractivity contribution in [2.75, 3.05) is 13.1 Å². The minimum absolute atomic E-state index is 0.475. The summed E-state index contributed by atoms with van der Waals surface area (Å²) in [6, 6.07) is 4.72. The highest BCUT2D eigenvalue weighted by atomic mass is 79.9. The zero-order chi connectivity index (χ0) is 10.7. The first-order chi connectivity index (χ1) is 7.24. The van der Waals surface area contributed by atoms with E-state index in [2.05, 4.69) is 50.6 Å². The van der Waals surface area contributed by atoms with Crippen LogP contribution in [0.2, 0.25) is 0 Å². The molecule has 0 saturated carbocycles. The SMILES string of the molecule is CC1CN=C(NCCc2ccc(Br)s2)N1. The highest BCUT2D eigenvalue weighted by Gasteiger charge is 2.11. The molecular formula is C10H14BrN3S. The molecular weight excluding hydrogens is 274 g/mol. The normalized spacial score (nSPS) is 19.9. The standard InChI is InChI=1S/C10H14BrN3S/c1-7-6-13-10(14-7)12-5-4-8-2-3-9(11)15-8/h2-3,7H,4-6H2,1H3,(H2,12,13,14). The quantitative estimate of drug-likeness (QED) is 0.892. The molecule has 0 saturated heterocycles. The first-order valence-electron chi connectivity index (χ1n) is 5.03. The molecule has 0 fully saturated rings. The van der Waals surface area contributed by atoms with Gasteiger partial charge >= 0.3 is 0 Å². The maximum absolute atomic E-state index is 4.34. The molecule has 0 amide bonds. The molecule has 0 bridgehead atoms. The fraction of sp³-hybridized carbons (Fsp3) is 0.500. The van der Waals surface area contributed by atoms with Crippen molar-refractivity contribution in [2.45, 2.75) is 19.4 Å². The number of aliphatic imine (C=N–C) groups is 1. The second kappa shape index (κ2) is 4.99. The molecule has 0 radical (unpaired) electrons. The number of guanidine groups is 1. The Morgan fingerprint density at radius 2 is 2.53 bits per heavy atom. The molecule has 2 heterocycles. The van der Waals surface area contributed by atoms with E-state index in [9.17, 15) is 0 Å². The van der Waals surface area contributed by atoms with Crippen LogP contribution in [0.1, 0.15) is 11.8 Å². The minimum atomic E-state index is 0.475. The minimum Gasteiger partial charge on any atom is -0.356 e. The van der Waals surface area contributed by atoms with Crippen LogP contribution in [0.15, 0.2) is 20.9 Å². The van der Waals surface area contributed by atoms with Gasteiger partial charge in [-0.2, -0.15) is 0 Å². The van der Waals surface area contributed by atoms with Crippen LogP contribution in [0.3, 0.4) is 0 Å². The van der Waals surface area contributed by atoms with Crippen LogP contribution in [-0.2, 0) is 6.42 Å². The number of rotatable bonds is 3. The van der Waals surface area contributed by atoms with Crippen molar-refractivity contribution in [3.63, 3.8) is 0 Å². The topological polar surface area (TPSA) is 36.4 Å². The van der Waals surface area contributed by atoms with Crippen LogP contribution in [0.5, 0.6) is 0 Å². The molecule has 2 rings (SSSR count). The second-order valence-corrected chi connectivity index (χ2v) is 6.16. The van der Waals surface area contributed by atoms with Crippen molar-refractivity contribution < 1.29 is 0 Å². The zero-order valence-corrected chi connectivity index (χ0v) is 11.0. The van der Waals surface area contributed by atoms with E-state index < -0.39 is 0 Å². The van der Waals surface area contributed by atoms with Crippen molar-refractivity contribution in [1.29, 1.82) is 0 Å². The molecule has 82 valence electrons. The summed E-state index contributed by atoms with van der Waals surface area (Å²) in [5.41, 5.74) is 0. The summed E-state index contributed by atoms with van der Waals surface area (Å²) in [4.78, 5) is 5.73. The van der Waals surface area contributed by atoms with E-state index in [4.69, 9.17) is 0 Å². The summed E-state index contributed by atoms with van der Waals surface area (Å²) in [6.45, 7) is 3.95. The predicted octanol–water partition coefficient (Wildman–Crippen LogP) is 1.99. The van der Waals surface area contributed by atoms with Crippen LogP contribution in [0.25, 0.3) is 0 Å². The van der Waals surface area contributed by atoms with E-state index in [1.54, 1.807) is 11.3 Å². The van der Waals surface area contributed by atoms with Crippen LogP contribution in [0.4, 0.5) is 0 Å². The molecule has 1 unspecified atom stereocenters. The van der Waals surface area contributed by atoms with Gasteiger partial charge in [0.05, 0.1) is 10.3 Å².